The lowest BCUT2D eigenvalue weighted by Crippen LogP contribution is -2.33. The van der Waals surface area contributed by atoms with E-state index >= 15 is 0 Å². The van der Waals surface area contributed by atoms with Gasteiger partial charge in [0.15, 0.2) is 0 Å². The molecular weight excluding hydrogens is 320 g/mol. The first-order valence-electron chi connectivity index (χ1n) is 6.14. The number of carboxylic acids is 1. The summed E-state index contributed by atoms with van der Waals surface area (Å²) in [7, 11) is -3.86. The van der Waals surface area contributed by atoms with Gasteiger partial charge in [-0.3, -0.25) is 9.59 Å². The van der Waals surface area contributed by atoms with Gasteiger partial charge < -0.3 is 10.4 Å². The predicted molar refractivity (Wildman–Crippen MR) is 73.3 cm³/mol. The van der Waals surface area contributed by atoms with Crippen molar-refractivity contribution >= 4 is 38.4 Å². The maximum absolute atomic E-state index is 12.1. The summed E-state index contributed by atoms with van der Waals surface area (Å²) in [4.78, 5) is 21.7. The third-order valence-corrected chi connectivity index (χ3v) is 5.75. The molecule has 1 heterocycles. The molecule has 1 fully saturated rings. The molecule has 116 valence electrons. The molecule has 2 atom stereocenters. The Morgan fingerprint density at radius 1 is 1.33 bits per heavy atom. The molecule has 0 spiro atoms. The number of aromatic nitrogens is 2. The Morgan fingerprint density at radius 2 is 2.05 bits per heavy atom. The zero-order valence-electron chi connectivity index (χ0n) is 11.1. The highest BCUT2D eigenvalue weighted by molar-refractivity contribution is 7.91. The van der Waals surface area contributed by atoms with Gasteiger partial charge in [0.2, 0.25) is 15.4 Å². The van der Waals surface area contributed by atoms with Crippen LogP contribution < -0.4 is 10.0 Å². The van der Waals surface area contributed by atoms with E-state index < -0.39 is 28.0 Å². The molecule has 9 nitrogen and oxygen atoms in total. The standard InChI is InChI=1S/C10H14N4O5S2/c1-5(15)11-9-12-13-10(20-9)21(18,19)14-7-3-2-6(4-7)8(16)17/h6-7,14H,2-4H2,1H3,(H,16,17)(H,11,12,15). The molecule has 0 saturated heterocycles. The van der Waals surface area contributed by atoms with E-state index in [0.717, 1.165) is 11.3 Å². The molecule has 2 unspecified atom stereocenters. The van der Waals surface area contributed by atoms with Gasteiger partial charge in [-0.2, -0.15) is 0 Å². The lowest BCUT2D eigenvalue weighted by atomic mass is 10.1. The lowest BCUT2D eigenvalue weighted by Gasteiger charge is -2.10. The number of anilines is 1. The van der Waals surface area contributed by atoms with Gasteiger partial charge in [-0.15, -0.1) is 10.2 Å². The summed E-state index contributed by atoms with van der Waals surface area (Å²) in [6.07, 6.45) is 1.16. The summed E-state index contributed by atoms with van der Waals surface area (Å²) in [6, 6.07) is -0.427. The fourth-order valence-electron chi connectivity index (χ4n) is 2.10. The number of hydrogen-bond donors (Lipinski definition) is 3. The fraction of sp³-hybridized carbons (Fsp3) is 0.600. The number of sulfonamides is 1. The summed E-state index contributed by atoms with van der Waals surface area (Å²) in [5.74, 6) is -1.81. The first-order valence-corrected chi connectivity index (χ1v) is 8.44. The molecule has 1 aromatic rings. The minimum atomic E-state index is -3.86. The molecule has 0 aromatic carbocycles. The van der Waals surface area contributed by atoms with Crippen molar-refractivity contribution in [2.75, 3.05) is 5.32 Å². The van der Waals surface area contributed by atoms with Gasteiger partial charge in [-0.05, 0) is 19.3 Å². The predicted octanol–water partition coefficient (Wildman–Crippen LogP) is 0.0281. The van der Waals surface area contributed by atoms with Crippen LogP contribution >= 0.6 is 11.3 Å². The van der Waals surface area contributed by atoms with Crippen molar-refractivity contribution < 1.29 is 23.1 Å². The Bertz CT molecular complexity index is 656. The minimum Gasteiger partial charge on any atom is -0.481 e. The molecule has 0 aliphatic heterocycles. The van der Waals surface area contributed by atoms with Crippen LogP contribution in [0.2, 0.25) is 0 Å². The molecule has 1 aliphatic rings. The average molecular weight is 334 g/mol. The highest BCUT2D eigenvalue weighted by Crippen LogP contribution is 2.28. The van der Waals surface area contributed by atoms with Gasteiger partial charge in [-0.1, -0.05) is 11.3 Å². The zero-order chi connectivity index (χ0) is 15.6. The van der Waals surface area contributed by atoms with Crippen LogP contribution in [0.1, 0.15) is 26.2 Å². The van der Waals surface area contributed by atoms with Crippen LogP contribution in [-0.4, -0.2) is 41.6 Å². The van der Waals surface area contributed by atoms with Crippen molar-refractivity contribution in [3.8, 4) is 0 Å². The molecular formula is C10H14N4O5S2. The molecule has 2 rings (SSSR count). The number of amides is 1. The molecule has 1 aromatic heterocycles. The summed E-state index contributed by atoms with van der Waals surface area (Å²) in [6.45, 7) is 1.28. The Balaban J connectivity index is 2.03. The first-order chi connectivity index (χ1) is 9.78. The third kappa shape index (κ3) is 3.95. The highest BCUT2D eigenvalue weighted by atomic mass is 32.2. The van der Waals surface area contributed by atoms with Gasteiger partial charge in [0.05, 0.1) is 5.92 Å². The number of nitrogens with zero attached hydrogens (tertiary/aromatic N) is 2. The molecule has 11 heteroatoms. The summed E-state index contributed by atoms with van der Waals surface area (Å²) < 4.78 is 26.4. The van der Waals surface area contributed by atoms with E-state index in [2.05, 4.69) is 20.2 Å². The molecule has 1 saturated carbocycles. The number of carboxylic acid groups (broad SMARTS) is 1. The summed E-state index contributed by atoms with van der Waals surface area (Å²) >= 11 is 0.738. The lowest BCUT2D eigenvalue weighted by molar-refractivity contribution is -0.141. The van der Waals surface area contributed by atoms with Crippen molar-refractivity contribution in [2.24, 2.45) is 5.92 Å². The van der Waals surface area contributed by atoms with Gasteiger partial charge >= 0.3 is 5.97 Å². The number of carbonyl (C=O) groups is 2. The smallest absolute Gasteiger partial charge is 0.306 e. The number of rotatable bonds is 5. The van der Waals surface area contributed by atoms with Crippen LogP contribution in [0.4, 0.5) is 5.13 Å². The zero-order valence-corrected chi connectivity index (χ0v) is 12.7. The maximum Gasteiger partial charge on any atom is 0.306 e. The van der Waals surface area contributed by atoms with Crippen molar-refractivity contribution in [3.05, 3.63) is 0 Å². The van der Waals surface area contributed by atoms with Crippen LogP contribution in [0.15, 0.2) is 4.34 Å². The van der Waals surface area contributed by atoms with E-state index in [0.29, 0.717) is 12.8 Å². The van der Waals surface area contributed by atoms with Crippen LogP contribution in [0, 0.1) is 5.92 Å². The number of aliphatic carboxylic acids is 1. The molecule has 1 aliphatic carbocycles. The Kier molecular flexibility index (Phi) is 4.54. The minimum absolute atomic E-state index is 0.0951. The van der Waals surface area contributed by atoms with Crippen molar-refractivity contribution in [1.82, 2.24) is 14.9 Å². The monoisotopic (exact) mass is 334 g/mol. The van der Waals surface area contributed by atoms with E-state index in [4.69, 9.17) is 5.11 Å². The largest absolute Gasteiger partial charge is 0.481 e. The van der Waals surface area contributed by atoms with E-state index in [1.54, 1.807) is 0 Å². The molecule has 0 radical (unpaired) electrons. The Hall–Kier alpha value is -1.59. The summed E-state index contributed by atoms with van der Waals surface area (Å²) in [5, 5.41) is 18.4. The maximum atomic E-state index is 12.1. The van der Waals surface area contributed by atoms with E-state index in [1.165, 1.54) is 6.92 Å². The normalized spacial score (nSPS) is 22.1. The topological polar surface area (TPSA) is 138 Å². The second kappa shape index (κ2) is 6.03. The summed E-state index contributed by atoms with van der Waals surface area (Å²) in [5.41, 5.74) is 0. The Morgan fingerprint density at radius 3 is 2.62 bits per heavy atom. The molecule has 3 N–H and O–H groups in total. The quantitative estimate of drug-likeness (QED) is 0.645. The van der Waals surface area contributed by atoms with Crippen LogP contribution in [0.5, 0.6) is 0 Å². The second-order valence-corrected chi connectivity index (χ2v) is 7.59. The number of carbonyl (C=O) groups excluding carboxylic acids is 1. The van der Waals surface area contributed by atoms with Crippen LogP contribution in [-0.2, 0) is 19.6 Å². The van der Waals surface area contributed by atoms with Crippen molar-refractivity contribution in [3.63, 3.8) is 0 Å². The average Bonchev–Trinajstić information content (AvgIpc) is 2.97. The second-order valence-electron chi connectivity index (χ2n) is 4.72. The Labute approximate surface area is 124 Å². The molecule has 21 heavy (non-hydrogen) atoms. The first kappa shape index (κ1) is 15.8. The fourth-order valence-corrected chi connectivity index (χ4v) is 4.35. The third-order valence-electron chi connectivity index (χ3n) is 3.02. The van der Waals surface area contributed by atoms with Crippen LogP contribution in [0.3, 0.4) is 0 Å². The van der Waals surface area contributed by atoms with Gasteiger partial charge in [0, 0.05) is 13.0 Å². The highest BCUT2D eigenvalue weighted by Gasteiger charge is 2.33. The molecule has 1 amide bonds. The number of nitrogens with one attached hydrogen (secondary N) is 2. The van der Waals surface area contributed by atoms with Gasteiger partial charge in [0.25, 0.3) is 10.0 Å². The molecule has 0 bridgehead atoms. The SMILES string of the molecule is CC(=O)Nc1nnc(S(=O)(=O)NC2CCC(C(=O)O)C2)s1. The van der Waals surface area contributed by atoms with Gasteiger partial charge in [0.1, 0.15) is 0 Å². The van der Waals surface area contributed by atoms with E-state index in [-0.39, 0.29) is 21.8 Å². The number of hydrogen-bond acceptors (Lipinski definition) is 7. The van der Waals surface area contributed by atoms with E-state index in [1.807, 2.05) is 0 Å². The van der Waals surface area contributed by atoms with Crippen molar-refractivity contribution in [1.29, 1.82) is 0 Å². The van der Waals surface area contributed by atoms with Crippen LogP contribution in [0.25, 0.3) is 0 Å². The van der Waals surface area contributed by atoms with Crippen molar-refractivity contribution in [2.45, 2.75) is 36.6 Å². The van der Waals surface area contributed by atoms with E-state index in [9.17, 15) is 18.0 Å². The van der Waals surface area contributed by atoms with Gasteiger partial charge in [-0.25, -0.2) is 13.1 Å².